The Balaban J connectivity index is 2.19. The molecule has 0 spiro atoms. The van der Waals surface area contributed by atoms with E-state index in [0.29, 0.717) is 4.18 Å². The monoisotopic (exact) mass is 676 g/mol. The normalized spacial score (nSPS) is 19.5. The van der Waals surface area contributed by atoms with Gasteiger partial charge in [-0.2, -0.15) is 0 Å². The van der Waals surface area contributed by atoms with Crippen molar-refractivity contribution in [2.24, 2.45) is 0 Å². The molecule has 0 N–H and O–H groups in total. The van der Waals surface area contributed by atoms with Crippen LogP contribution in [-0.4, -0.2) is 4.26 Å². The first-order valence-corrected chi connectivity index (χ1v) is 34.7. The van der Waals surface area contributed by atoms with Crippen LogP contribution in [-0.2, 0) is 23.5 Å². The summed E-state index contributed by atoms with van der Waals surface area (Å²) in [6.45, 7) is 17.6. The van der Waals surface area contributed by atoms with Gasteiger partial charge in [-0.25, -0.2) is 0 Å². The predicted molar refractivity (Wildman–Crippen MR) is 157 cm³/mol. The summed E-state index contributed by atoms with van der Waals surface area (Å²) in [5.74, 6) is 0. The van der Waals surface area contributed by atoms with Gasteiger partial charge in [-0.05, 0) is 0 Å². The maximum absolute atomic E-state index is 8.39. The van der Waals surface area contributed by atoms with Gasteiger partial charge in [-0.15, -0.1) is 0 Å². The number of rotatable bonds is 5. The minimum atomic E-state index is -6.14. The van der Waals surface area contributed by atoms with Crippen molar-refractivity contribution >= 4 is 21.4 Å². The van der Waals surface area contributed by atoms with E-state index in [1.165, 1.54) is 33.4 Å². The Labute approximate surface area is 214 Å². The minimum absolute atomic E-state index is 0.0110. The van der Waals surface area contributed by atoms with Gasteiger partial charge in [-0.3, -0.25) is 0 Å². The second-order valence-corrected chi connectivity index (χ2v) is 75.9. The van der Waals surface area contributed by atoms with E-state index in [-0.39, 0.29) is 18.2 Å². The Morgan fingerprint density at radius 2 is 1.26 bits per heavy atom. The first-order chi connectivity index (χ1) is 15.7. The van der Waals surface area contributed by atoms with Crippen LogP contribution in [0.4, 0.5) is 0 Å². The molecule has 0 aliphatic heterocycles. The molecule has 188 valence electrons. The number of allylic oxidation sites excluding steroid dienone is 5. The second-order valence-electron chi connectivity index (χ2n) is 14.6. The SMILES string of the molecule is C=CC[CH2][Hf](=[CH2])([CH3])([Cl])([Cl])([CH]1C=CC=C1)[CH]1c2cc(C(C)(C)C)ccc2-c2ccc(C(C)(C)C)cc21. The van der Waals surface area contributed by atoms with Crippen molar-refractivity contribution in [3.05, 3.63) is 95.6 Å². The number of fused-ring (bicyclic) bond motifs is 3. The zero-order valence-electron chi connectivity index (χ0n) is 22.6. The van der Waals surface area contributed by atoms with Gasteiger partial charge in [-0.1, -0.05) is 0 Å². The van der Waals surface area contributed by atoms with E-state index >= 15 is 0 Å². The molecule has 2 aromatic rings. The van der Waals surface area contributed by atoms with Crippen LogP contribution in [0.25, 0.3) is 11.1 Å². The summed E-state index contributed by atoms with van der Waals surface area (Å²) >= 11 is -6.14. The Kier molecular flexibility index (Phi) is 5.47. The summed E-state index contributed by atoms with van der Waals surface area (Å²) in [6.07, 6.45) is 11.2. The molecule has 2 aliphatic carbocycles. The van der Waals surface area contributed by atoms with E-state index in [9.17, 15) is 0 Å². The van der Waals surface area contributed by atoms with E-state index in [4.69, 9.17) is 21.4 Å². The first kappa shape index (κ1) is 27.0. The Morgan fingerprint density at radius 1 is 0.829 bits per heavy atom. The van der Waals surface area contributed by atoms with Crippen molar-refractivity contribution in [1.82, 2.24) is 0 Å². The second kappa shape index (κ2) is 7.09. The van der Waals surface area contributed by atoms with Gasteiger partial charge < -0.3 is 0 Å². The fourth-order valence-electron chi connectivity index (χ4n) is 6.64. The molecule has 0 heterocycles. The van der Waals surface area contributed by atoms with Crippen molar-refractivity contribution < 1.29 is 12.7 Å². The number of benzene rings is 2. The fourth-order valence-corrected chi connectivity index (χ4v) is 38.8. The Bertz CT molecular complexity index is 1340. The summed E-state index contributed by atoms with van der Waals surface area (Å²) in [7, 11) is 16.8. The molecule has 0 aromatic heterocycles. The average Bonchev–Trinajstić information content (AvgIpc) is 3.38. The van der Waals surface area contributed by atoms with Gasteiger partial charge in [0.25, 0.3) is 0 Å². The molecule has 0 saturated heterocycles. The predicted octanol–water partition coefficient (Wildman–Crippen LogP) is 10.8. The molecule has 0 saturated carbocycles. The molecule has 0 unspecified atom stereocenters. The van der Waals surface area contributed by atoms with Crippen molar-refractivity contribution in [3.8, 4) is 11.1 Å². The number of hydrogen-bond acceptors (Lipinski definition) is 0. The molecule has 35 heavy (non-hydrogen) atoms. The van der Waals surface area contributed by atoms with Crippen LogP contribution < -0.4 is 0 Å². The van der Waals surface area contributed by atoms with E-state index < -0.39 is 12.7 Å². The van der Waals surface area contributed by atoms with Crippen LogP contribution in [0.15, 0.2) is 73.4 Å². The van der Waals surface area contributed by atoms with Gasteiger partial charge >= 0.3 is 216 Å². The fraction of sp³-hybridized carbons (Fsp3) is 0.406. The molecular formula is C32H42Cl2Hf. The van der Waals surface area contributed by atoms with Gasteiger partial charge in [0.15, 0.2) is 0 Å². The summed E-state index contributed by atoms with van der Waals surface area (Å²) in [5.41, 5.74) is 7.57. The molecule has 0 fully saturated rings. The molecule has 2 aromatic carbocycles. The number of hydrogen-bond donors (Lipinski definition) is 0. The standard InChI is InChI=1S/C21H25.C5H5.C4H7.CH3.CH2.2ClH.Hf/c1-20(2,3)16-7-9-18-14(12-16)11-15-13-17(21(4,5)6)8-10-19(15)18;1-2-4-5-3-1;1-3-4-2;;;;;/h7-13H,1-6H3;1-5H;3H,1-2,4H2;1H3;1H2;2*1H;/q;;;;;;;+2/p-2. The van der Waals surface area contributed by atoms with Crippen LogP contribution in [0.3, 0.4) is 0 Å². The molecule has 0 bridgehead atoms. The summed E-state index contributed by atoms with van der Waals surface area (Å²) < 4.78 is 7.68. The molecule has 0 amide bonds. The van der Waals surface area contributed by atoms with Crippen LogP contribution in [0.5, 0.6) is 0 Å². The first-order valence-electron chi connectivity index (χ1n) is 12.9. The van der Waals surface area contributed by atoms with Crippen LogP contribution in [0, 0.1) is 0 Å². The van der Waals surface area contributed by atoms with Gasteiger partial charge in [0, 0.05) is 0 Å². The van der Waals surface area contributed by atoms with E-state index in [1.807, 2.05) is 6.08 Å². The molecule has 2 aliphatic rings. The van der Waals surface area contributed by atoms with E-state index in [0.717, 1.165) is 6.42 Å². The van der Waals surface area contributed by atoms with E-state index in [2.05, 4.69) is 114 Å². The van der Waals surface area contributed by atoms with E-state index in [1.54, 1.807) is 0 Å². The topological polar surface area (TPSA) is 0 Å². The van der Waals surface area contributed by atoms with Crippen molar-refractivity contribution in [2.45, 2.75) is 75.0 Å². The third-order valence-corrected chi connectivity index (χ3v) is 47.8. The third-order valence-electron chi connectivity index (χ3n) is 9.08. The summed E-state index contributed by atoms with van der Waals surface area (Å²) in [4.78, 5) is 0. The molecule has 4 rings (SSSR count). The zero-order valence-corrected chi connectivity index (χ0v) is 27.7. The molecule has 0 atom stereocenters. The molecular weight excluding hydrogens is 634 g/mol. The zero-order chi connectivity index (χ0) is 26.2. The Morgan fingerprint density at radius 3 is 1.63 bits per heavy atom. The van der Waals surface area contributed by atoms with Crippen molar-refractivity contribution in [2.75, 3.05) is 0 Å². The van der Waals surface area contributed by atoms with Crippen LogP contribution in [0.2, 0.25) is 12.5 Å². The van der Waals surface area contributed by atoms with Crippen molar-refractivity contribution in [1.29, 1.82) is 0 Å². The van der Waals surface area contributed by atoms with Gasteiger partial charge in [0.1, 0.15) is 0 Å². The average molecular weight is 676 g/mol. The van der Waals surface area contributed by atoms with Gasteiger partial charge in [0.2, 0.25) is 0 Å². The Hall–Kier alpha value is -1.02. The van der Waals surface area contributed by atoms with Crippen LogP contribution >= 0.6 is 17.2 Å². The summed E-state index contributed by atoms with van der Waals surface area (Å²) in [5, 5.41) is 0. The molecule has 0 nitrogen and oxygen atoms in total. The number of halogens is 2. The van der Waals surface area contributed by atoms with Gasteiger partial charge in [0.05, 0.1) is 0 Å². The van der Waals surface area contributed by atoms with Crippen LogP contribution in [0.1, 0.15) is 73.9 Å². The summed E-state index contributed by atoms with van der Waals surface area (Å²) in [6, 6.07) is 13.9. The van der Waals surface area contributed by atoms with Crippen molar-refractivity contribution in [3.63, 3.8) is 0 Å². The third kappa shape index (κ3) is 4.09. The maximum atomic E-state index is 8.39. The molecule has 3 heteroatoms. The molecule has 0 radical (unpaired) electrons. The quantitative estimate of drug-likeness (QED) is 0.219.